The van der Waals surface area contributed by atoms with Crippen LogP contribution in [0.4, 0.5) is 5.69 Å². The second kappa shape index (κ2) is 4.87. The van der Waals surface area contributed by atoms with Gasteiger partial charge in [0, 0.05) is 11.3 Å². The first-order chi connectivity index (χ1) is 6.36. The van der Waals surface area contributed by atoms with Crippen molar-refractivity contribution >= 4 is 5.69 Å². The zero-order valence-corrected chi connectivity index (χ0v) is 8.50. The molecule has 2 heteroatoms. The second-order valence-electron chi connectivity index (χ2n) is 2.75. The summed E-state index contributed by atoms with van der Waals surface area (Å²) >= 11 is 0. The van der Waals surface area contributed by atoms with Crippen LogP contribution >= 0.6 is 0 Å². The molecule has 72 valence electrons. The highest BCUT2D eigenvalue weighted by Crippen LogP contribution is 2.21. The number of benzene rings is 1. The lowest BCUT2D eigenvalue weighted by Crippen LogP contribution is -2.24. The van der Waals surface area contributed by atoms with E-state index in [0.717, 1.165) is 6.61 Å². The third-order valence-corrected chi connectivity index (χ3v) is 1.86. The Bertz CT molecular complexity index is 260. The van der Waals surface area contributed by atoms with Crippen molar-refractivity contribution in [3.8, 4) is 0 Å². The number of ether oxygens (including phenoxy) is 1. The highest BCUT2D eigenvalue weighted by Gasteiger charge is 2.11. The molecular formula is C11H17NO. The van der Waals surface area contributed by atoms with Crippen LogP contribution in [0.5, 0.6) is 0 Å². The second-order valence-corrected chi connectivity index (χ2v) is 2.75. The quantitative estimate of drug-likeness (QED) is 0.661. The van der Waals surface area contributed by atoms with Crippen LogP contribution in [0.2, 0.25) is 0 Å². The third-order valence-electron chi connectivity index (χ3n) is 1.86. The number of anilines is 1. The molecule has 0 radical (unpaired) electrons. The summed E-state index contributed by atoms with van der Waals surface area (Å²) in [6, 6.07) is 8.21. The molecule has 0 spiro atoms. The molecule has 1 aromatic carbocycles. The van der Waals surface area contributed by atoms with E-state index in [9.17, 15) is 0 Å². The Morgan fingerprint density at radius 1 is 1.31 bits per heavy atom. The van der Waals surface area contributed by atoms with Crippen LogP contribution < -0.4 is 5.32 Å². The fourth-order valence-electron chi connectivity index (χ4n) is 1.26. The van der Waals surface area contributed by atoms with Crippen LogP contribution in [0.3, 0.4) is 0 Å². The van der Waals surface area contributed by atoms with Crippen LogP contribution in [-0.2, 0) is 11.3 Å². The molecule has 2 nitrogen and oxygen atoms in total. The maximum absolute atomic E-state index is 5.39. The van der Waals surface area contributed by atoms with Gasteiger partial charge in [-0.3, -0.25) is 0 Å². The van der Waals surface area contributed by atoms with Crippen molar-refractivity contribution in [1.29, 1.82) is 0 Å². The van der Waals surface area contributed by atoms with Gasteiger partial charge < -0.3 is 10.1 Å². The molecule has 0 saturated carbocycles. The molecule has 0 amide bonds. The maximum Gasteiger partial charge on any atom is 0.125 e. The molecule has 1 atom stereocenters. The van der Waals surface area contributed by atoms with Gasteiger partial charge in [0.05, 0.1) is 6.61 Å². The average Bonchev–Trinajstić information content (AvgIpc) is 2.21. The molecule has 1 aliphatic heterocycles. The minimum atomic E-state index is 0.143. The van der Waals surface area contributed by atoms with Crippen molar-refractivity contribution in [3.63, 3.8) is 0 Å². The average molecular weight is 179 g/mol. The van der Waals surface area contributed by atoms with Gasteiger partial charge in [-0.1, -0.05) is 32.0 Å². The zero-order valence-electron chi connectivity index (χ0n) is 8.50. The van der Waals surface area contributed by atoms with E-state index in [0.29, 0.717) is 0 Å². The number of rotatable bonds is 0. The number of fused-ring (bicyclic) bond motifs is 1. The first-order valence-electron chi connectivity index (χ1n) is 4.82. The standard InChI is InChI=1S/C9H11NO.C2H6/c1-7-10-9-5-3-2-4-8(9)6-11-7;1-2/h2-5,7,10H,6H2,1H3;1-2H3. The van der Waals surface area contributed by atoms with Gasteiger partial charge in [-0.15, -0.1) is 0 Å². The van der Waals surface area contributed by atoms with Crippen molar-refractivity contribution in [3.05, 3.63) is 29.8 Å². The Balaban J connectivity index is 0.000000396. The van der Waals surface area contributed by atoms with Gasteiger partial charge >= 0.3 is 0 Å². The van der Waals surface area contributed by atoms with Crippen molar-refractivity contribution in [2.75, 3.05) is 5.32 Å². The molecule has 1 aliphatic rings. The molecule has 1 aromatic rings. The Kier molecular flexibility index (Phi) is 3.77. The topological polar surface area (TPSA) is 21.3 Å². The van der Waals surface area contributed by atoms with Crippen molar-refractivity contribution in [2.45, 2.75) is 33.6 Å². The monoisotopic (exact) mass is 179 g/mol. The van der Waals surface area contributed by atoms with Crippen LogP contribution in [0.25, 0.3) is 0 Å². The van der Waals surface area contributed by atoms with E-state index < -0.39 is 0 Å². The molecule has 0 saturated heterocycles. The fourth-order valence-corrected chi connectivity index (χ4v) is 1.26. The number of para-hydroxylation sites is 1. The third kappa shape index (κ3) is 2.46. The van der Waals surface area contributed by atoms with Crippen molar-refractivity contribution < 1.29 is 4.74 Å². The molecular weight excluding hydrogens is 162 g/mol. The van der Waals surface area contributed by atoms with Gasteiger partial charge in [0.1, 0.15) is 6.23 Å². The van der Waals surface area contributed by atoms with E-state index >= 15 is 0 Å². The summed E-state index contributed by atoms with van der Waals surface area (Å²) in [6.45, 7) is 6.74. The van der Waals surface area contributed by atoms with Crippen molar-refractivity contribution in [1.82, 2.24) is 0 Å². The van der Waals surface area contributed by atoms with Crippen LogP contribution in [0, 0.1) is 0 Å². The van der Waals surface area contributed by atoms with E-state index in [4.69, 9.17) is 4.74 Å². The largest absolute Gasteiger partial charge is 0.360 e. The van der Waals surface area contributed by atoms with Gasteiger partial charge in [-0.2, -0.15) is 0 Å². The predicted octanol–water partition coefficient (Wildman–Crippen LogP) is 3.00. The lowest BCUT2D eigenvalue weighted by molar-refractivity contribution is 0.0636. The Hall–Kier alpha value is -1.02. The van der Waals surface area contributed by atoms with Crippen LogP contribution in [-0.4, -0.2) is 6.23 Å². The lowest BCUT2D eigenvalue weighted by atomic mass is 10.1. The summed E-state index contributed by atoms with van der Waals surface area (Å²) in [5.74, 6) is 0. The normalized spacial score (nSPS) is 19.2. The highest BCUT2D eigenvalue weighted by molar-refractivity contribution is 5.52. The summed E-state index contributed by atoms with van der Waals surface area (Å²) in [6.07, 6.45) is 0.143. The molecule has 0 bridgehead atoms. The van der Waals surface area contributed by atoms with Crippen LogP contribution in [0.1, 0.15) is 26.3 Å². The molecule has 0 aliphatic carbocycles. The number of nitrogens with one attached hydrogen (secondary N) is 1. The molecule has 1 N–H and O–H groups in total. The summed E-state index contributed by atoms with van der Waals surface area (Å²) in [5.41, 5.74) is 2.44. The summed E-state index contributed by atoms with van der Waals surface area (Å²) in [5, 5.41) is 3.24. The SMILES string of the molecule is CC.CC1Nc2ccccc2CO1. The minimum absolute atomic E-state index is 0.143. The summed E-state index contributed by atoms with van der Waals surface area (Å²) in [4.78, 5) is 0. The fraction of sp³-hybridized carbons (Fsp3) is 0.455. The van der Waals surface area contributed by atoms with Gasteiger partial charge in [0.25, 0.3) is 0 Å². The van der Waals surface area contributed by atoms with Gasteiger partial charge in [0.2, 0.25) is 0 Å². The maximum atomic E-state index is 5.39. The minimum Gasteiger partial charge on any atom is -0.360 e. The molecule has 1 unspecified atom stereocenters. The Morgan fingerprint density at radius 2 is 2.00 bits per heavy atom. The Labute approximate surface area is 79.9 Å². The van der Waals surface area contributed by atoms with Gasteiger partial charge in [-0.25, -0.2) is 0 Å². The lowest BCUT2D eigenvalue weighted by Gasteiger charge is -2.24. The first-order valence-corrected chi connectivity index (χ1v) is 4.82. The van der Waals surface area contributed by atoms with Gasteiger partial charge in [0.15, 0.2) is 0 Å². The van der Waals surface area contributed by atoms with E-state index in [1.165, 1.54) is 11.3 Å². The van der Waals surface area contributed by atoms with Crippen molar-refractivity contribution in [2.24, 2.45) is 0 Å². The predicted molar refractivity (Wildman–Crippen MR) is 55.7 cm³/mol. The molecule has 0 fully saturated rings. The highest BCUT2D eigenvalue weighted by atomic mass is 16.5. The van der Waals surface area contributed by atoms with Gasteiger partial charge in [-0.05, 0) is 13.0 Å². The molecule has 1 heterocycles. The van der Waals surface area contributed by atoms with E-state index in [1.807, 2.05) is 32.9 Å². The zero-order chi connectivity index (χ0) is 9.68. The first kappa shape index (κ1) is 10.1. The number of hydrogen-bond donors (Lipinski definition) is 1. The summed E-state index contributed by atoms with van der Waals surface area (Å²) in [7, 11) is 0. The Morgan fingerprint density at radius 3 is 2.77 bits per heavy atom. The summed E-state index contributed by atoms with van der Waals surface area (Å²) < 4.78 is 5.39. The molecule has 2 rings (SSSR count). The smallest absolute Gasteiger partial charge is 0.125 e. The molecule has 13 heavy (non-hydrogen) atoms. The van der Waals surface area contributed by atoms with E-state index in [1.54, 1.807) is 0 Å². The number of hydrogen-bond acceptors (Lipinski definition) is 2. The molecule has 0 aromatic heterocycles. The van der Waals surface area contributed by atoms with E-state index in [-0.39, 0.29) is 6.23 Å². The van der Waals surface area contributed by atoms with Crippen LogP contribution in [0.15, 0.2) is 24.3 Å². The van der Waals surface area contributed by atoms with E-state index in [2.05, 4.69) is 17.4 Å².